The Morgan fingerprint density at radius 3 is 2.48 bits per heavy atom. The van der Waals surface area contributed by atoms with Crippen LogP contribution in [0.25, 0.3) is 10.9 Å². The first-order valence-electron chi connectivity index (χ1n) is 8.46. The molecule has 6 nitrogen and oxygen atoms in total. The second-order valence-corrected chi connectivity index (χ2v) is 6.29. The lowest BCUT2D eigenvalue weighted by Crippen LogP contribution is -2.47. The molecule has 7 heteroatoms. The fourth-order valence-corrected chi connectivity index (χ4v) is 2.67. The Kier molecular flexibility index (Phi) is 5.12. The summed E-state index contributed by atoms with van der Waals surface area (Å²) in [5.41, 5.74) is 8.21. The molecule has 1 atom stereocenters. The molecule has 0 spiro atoms. The Hall–Kier alpha value is -3.35. The van der Waals surface area contributed by atoms with Gasteiger partial charge in [0.1, 0.15) is 11.6 Å². The first kappa shape index (κ1) is 18.4. The molecule has 0 radical (unpaired) electrons. The number of carbonyl (C=O) groups excluding carboxylic acids is 2. The Balaban J connectivity index is 1.60. The number of carbonyl (C=O) groups is 2. The van der Waals surface area contributed by atoms with Crippen LogP contribution < -0.4 is 15.6 Å². The third kappa shape index (κ3) is 4.08. The van der Waals surface area contributed by atoms with E-state index in [1.807, 2.05) is 19.9 Å². The number of halogens is 1. The Morgan fingerprint density at radius 1 is 1.07 bits per heavy atom. The summed E-state index contributed by atoms with van der Waals surface area (Å²) in [4.78, 5) is 27.6. The number of benzene rings is 2. The summed E-state index contributed by atoms with van der Waals surface area (Å²) in [5.74, 6) is -0.995. The van der Waals surface area contributed by atoms with Crippen LogP contribution in [0.2, 0.25) is 0 Å². The number of aromatic nitrogens is 1. The van der Waals surface area contributed by atoms with Gasteiger partial charge in [-0.2, -0.15) is 0 Å². The van der Waals surface area contributed by atoms with Crippen molar-refractivity contribution in [3.8, 4) is 5.75 Å². The molecule has 0 fully saturated rings. The topological polar surface area (TPSA) is 83.2 Å². The number of aryl methyl sites for hydroxylation is 2. The van der Waals surface area contributed by atoms with Crippen LogP contribution in [0.3, 0.4) is 0 Å². The fraction of sp³-hybridized carbons (Fsp3) is 0.200. The molecule has 140 valence electrons. The number of H-pyrrole nitrogens is 1. The van der Waals surface area contributed by atoms with Crippen LogP contribution in [0.15, 0.2) is 42.5 Å². The average molecular weight is 369 g/mol. The maximum Gasteiger partial charge on any atom is 0.279 e. The van der Waals surface area contributed by atoms with Gasteiger partial charge in [-0.25, -0.2) is 4.39 Å². The Morgan fingerprint density at radius 2 is 1.78 bits per heavy atom. The molecule has 0 aliphatic heterocycles. The first-order valence-corrected chi connectivity index (χ1v) is 8.46. The fourth-order valence-electron chi connectivity index (χ4n) is 2.67. The molecule has 0 saturated carbocycles. The number of aromatic amines is 1. The first-order chi connectivity index (χ1) is 12.8. The van der Waals surface area contributed by atoms with E-state index in [4.69, 9.17) is 4.74 Å². The number of nitrogens with one attached hydrogen (secondary N) is 3. The summed E-state index contributed by atoms with van der Waals surface area (Å²) in [6.45, 7) is 5.48. The molecular formula is C20H20FN3O3. The largest absolute Gasteiger partial charge is 0.481 e. The summed E-state index contributed by atoms with van der Waals surface area (Å²) in [6.07, 6.45) is -0.868. The Bertz CT molecular complexity index is 996. The molecule has 1 aromatic heterocycles. The molecule has 0 saturated heterocycles. The van der Waals surface area contributed by atoms with Gasteiger partial charge in [-0.15, -0.1) is 0 Å². The standard InChI is InChI=1S/C20H20FN3O3/c1-11-12(2)22-18-9-4-14(10-17(11)18)20(26)24-23-19(25)13(3)27-16-7-5-15(21)6-8-16/h4-10,13,22H,1-3H3,(H,23,25)(H,24,26). The van der Waals surface area contributed by atoms with Gasteiger partial charge >= 0.3 is 0 Å². The number of rotatable bonds is 4. The van der Waals surface area contributed by atoms with Crippen molar-refractivity contribution >= 4 is 22.7 Å². The van der Waals surface area contributed by atoms with Gasteiger partial charge in [0.25, 0.3) is 11.8 Å². The van der Waals surface area contributed by atoms with Gasteiger partial charge in [0.05, 0.1) is 0 Å². The zero-order valence-electron chi connectivity index (χ0n) is 15.2. The molecule has 2 amide bonds. The highest BCUT2D eigenvalue weighted by Gasteiger charge is 2.16. The molecule has 0 aliphatic rings. The van der Waals surface area contributed by atoms with Gasteiger partial charge in [0.15, 0.2) is 6.10 Å². The van der Waals surface area contributed by atoms with Crippen LogP contribution in [0.1, 0.15) is 28.5 Å². The number of hydrogen-bond acceptors (Lipinski definition) is 3. The predicted octanol–water partition coefficient (Wildman–Crippen LogP) is 3.15. The summed E-state index contributed by atoms with van der Waals surface area (Å²) in [6, 6.07) is 10.6. The van der Waals surface area contributed by atoms with Crippen LogP contribution in [0.4, 0.5) is 4.39 Å². The zero-order valence-corrected chi connectivity index (χ0v) is 15.2. The van der Waals surface area contributed by atoms with E-state index in [0.717, 1.165) is 22.2 Å². The maximum absolute atomic E-state index is 12.9. The van der Waals surface area contributed by atoms with Crippen LogP contribution >= 0.6 is 0 Å². The Labute approximate surface area is 155 Å². The van der Waals surface area contributed by atoms with Crippen molar-refractivity contribution in [2.24, 2.45) is 0 Å². The van der Waals surface area contributed by atoms with E-state index < -0.39 is 23.7 Å². The van der Waals surface area contributed by atoms with Gasteiger partial charge in [-0.05, 0) is 68.8 Å². The molecule has 2 aromatic carbocycles. The maximum atomic E-state index is 12.9. The third-order valence-electron chi connectivity index (χ3n) is 4.37. The molecule has 0 aliphatic carbocycles. The minimum atomic E-state index is -0.868. The van der Waals surface area contributed by atoms with Crippen LogP contribution in [0, 0.1) is 19.7 Å². The van der Waals surface area contributed by atoms with Crippen molar-refractivity contribution in [3.63, 3.8) is 0 Å². The van der Waals surface area contributed by atoms with E-state index in [2.05, 4.69) is 15.8 Å². The highest BCUT2D eigenvalue weighted by atomic mass is 19.1. The van der Waals surface area contributed by atoms with E-state index in [1.54, 1.807) is 12.1 Å². The summed E-state index contributed by atoms with van der Waals surface area (Å²) in [7, 11) is 0. The van der Waals surface area contributed by atoms with Gasteiger partial charge < -0.3 is 9.72 Å². The third-order valence-corrected chi connectivity index (χ3v) is 4.37. The smallest absolute Gasteiger partial charge is 0.279 e. The molecule has 1 heterocycles. The molecule has 3 rings (SSSR count). The zero-order chi connectivity index (χ0) is 19.6. The number of fused-ring (bicyclic) bond motifs is 1. The SMILES string of the molecule is Cc1[nH]c2ccc(C(=O)NNC(=O)C(C)Oc3ccc(F)cc3)cc2c1C. The van der Waals surface area contributed by atoms with Crippen LogP contribution in [-0.2, 0) is 4.79 Å². The van der Waals surface area contributed by atoms with Crippen LogP contribution in [-0.4, -0.2) is 22.9 Å². The highest BCUT2D eigenvalue weighted by Crippen LogP contribution is 2.22. The lowest BCUT2D eigenvalue weighted by Gasteiger charge is -2.15. The average Bonchev–Trinajstić information content (AvgIpc) is 2.94. The van der Waals surface area contributed by atoms with E-state index in [0.29, 0.717) is 11.3 Å². The van der Waals surface area contributed by atoms with Crippen molar-refractivity contribution < 1.29 is 18.7 Å². The summed E-state index contributed by atoms with van der Waals surface area (Å²) < 4.78 is 18.3. The minimum absolute atomic E-state index is 0.356. The normalized spacial score (nSPS) is 11.9. The van der Waals surface area contributed by atoms with Crippen LogP contribution in [0.5, 0.6) is 5.75 Å². The second kappa shape index (κ2) is 7.49. The molecule has 1 unspecified atom stereocenters. The predicted molar refractivity (Wildman–Crippen MR) is 99.9 cm³/mol. The van der Waals surface area contributed by atoms with Crippen molar-refractivity contribution in [3.05, 3.63) is 65.1 Å². The number of hydrogen-bond donors (Lipinski definition) is 3. The summed E-state index contributed by atoms with van der Waals surface area (Å²) in [5, 5.41) is 0.958. The van der Waals surface area contributed by atoms with Crippen molar-refractivity contribution in [1.82, 2.24) is 15.8 Å². The van der Waals surface area contributed by atoms with E-state index in [9.17, 15) is 14.0 Å². The van der Waals surface area contributed by atoms with Gasteiger partial charge in [0, 0.05) is 22.2 Å². The van der Waals surface area contributed by atoms with E-state index in [1.165, 1.54) is 31.2 Å². The van der Waals surface area contributed by atoms with E-state index in [-0.39, 0.29) is 0 Å². The summed E-state index contributed by atoms with van der Waals surface area (Å²) >= 11 is 0. The van der Waals surface area contributed by atoms with Crippen molar-refractivity contribution in [1.29, 1.82) is 0 Å². The molecule has 27 heavy (non-hydrogen) atoms. The van der Waals surface area contributed by atoms with Gasteiger partial charge in [0.2, 0.25) is 0 Å². The molecular weight excluding hydrogens is 349 g/mol. The number of hydrazine groups is 1. The minimum Gasteiger partial charge on any atom is -0.481 e. The van der Waals surface area contributed by atoms with Crippen molar-refractivity contribution in [2.75, 3.05) is 0 Å². The van der Waals surface area contributed by atoms with E-state index >= 15 is 0 Å². The molecule has 3 aromatic rings. The monoisotopic (exact) mass is 369 g/mol. The van der Waals surface area contributed by atoms with Gasteiger partial charge in [-0.3, -0.25) is 20.4 Å². The molecule has 3 N–H and O–H groups in total. The van der Waals surface area contributed by atoms with Gasteiger partial charge in [-0.1, -0.05) is 0 Å². The number of ether oxygens (including phenoxy) is 1. The highest BCUT2D eigenvalue weighted by molar-refractivity contribution is 5.99. The molecule has 0 bridgehead atoms. The second-order valence-electron chi connectivity index (χ2n) is 6.29. The lowest BCUT2D eigenvalue weighted by molar-refractivity contribution is -0.128. The lowest BCUT2D eigenvalue weighted by atomic mass is 10.1. The van der Waals surface area contributed by atoms with Crippen molar-refractivity contribution in [2.45, 2.75) is 26.9 Å². The number of amides is 2. The quantitative estimate of drug-likeness (QED) is 0.618.